The molecular formula is C28H28F3N9. The quantitative estimate of drug-likeness (QED) is 0.268. The van der Waals surface area contributed by atoms with Crippen LogP contribution in [0.4, 0.5) is 30.6 Å². The summed E-state index contributed by atoms with van der Waals surface area (Å²) in [6.45, 7) is 3.16. The normalized spacial score (nSPS) is 13.7. The van der Waals surface area contributed by atoms with Crippen molar-refractivity contribution in [3.63, 3.8) is 0 Å². The lowest BCUT2D eigenvalue weighted by atomic mass is 9.96. The van der Waals surface area contributed by atoms with Gasteiger partial charge in [0.1, 0.15) is 30.3 Å². The summed E-state index contributed by atoms with van der Waals surface area (Å²) >= 11 is 0. The minimum Gasteiger partial charge on any atom is -0.383 e. The zero-order chi connectivity index (χ0) is 28.0. The Morgan fingerprint density at radius 1 is 1.07 bits per heavy atom. The molecule has 9 nitrogen and oxygen atoms in total. The van der Waals surface area contributed by atoms with Gasteiger partial charge in [0.2, 0.25) is 0 Å². The Hall–Kier alpha value is -4.48. The SMILES string of the molecule is Cc1cc2c(N)nccc2c(C)c1CNc1cc(N(Cc2cn3nc(C4CC4)ccc3n2)CC(F)(F)F)ncn1. The Labute approximate surface area is 228 Å². The minimum atomic E-state index is -4.44. The summed E-state index contributed by atoms with van der Waals surface area (Å²) in [4.78, 5) is 18.2. The summed E-state index contributed by atoms with van der Waals surface area (Å²) in [7, 11) is 0. The predicted molar refractivity (Wildman–Crippen MR) is 147 cm³/mol. The Kier molecular flexibility index (Phi) is 6.40. The van der Waals surface area contributed by atoms with Crippen molar-refractivity contribution in [1.29, 1.82) is 0 Å². The number of nitrogens with two attached hydrogens (primary N) is 1. The molecule has 5 aromatic rings. The zero-order valence-electron chi connectivity index (χ0n) is 22.1. The van der Waals surface area contributed by atoms with Gasteiger partial charge in [-0.25, -0.2) is 24.5 Å². The molecule has 0 spiro atoms. The molecule has 0 unspecified atom stereocenters. The van der Waals surface area contributed by atoms with Crippen LogP contribution in [0, 0.1) is 13.8 Å². The van der Waals surface area contributed by atoms with Crippen molar-refractivity contribution in [2.45, 2.75) is 51.9 Å². The van der Waals surface area contributed by atoms with Crippen LogP contribution in [0.1, 0.15) is 46.8 Å². The van der Waals surface area contributed by atoms with Gasteiger partial charge in [0.25, 0.3) is 0 Å². The molecule has 1 aromatic carbocycles. The van der Waals surface area contributed by atoms with E-state index in [1.165, 1.54) is 12.4 Å². The van der Waals surface area contributed by atoms with E-state index in [9.17, 15) is 13.2 Å². The third-order valence-electron chi connectivity index (χ3n) is 7.25. The first-order valence-corrected chi connectivity index (χ1v) is 13.0. The molecule has 0 saturated heterocycles. The summed E-state index contributed by atoms with van der Waals surface area (Å²) < 4.78 is 42.5. The van der Waals surface area contributed by atoms with Gasteiger partial charge in [0.15, 0.2) is 5.65 Å². The summed E-state index contributed by atoms with van der Waals surface area (Å²) in [6, 6.07) is 9.23. The topological polar surface area (TPSA) is 110 Å². The largest absolute Gasteiger partial charge is 0.405 e. The average molecular weight is 548 g/mol. The van der Waals surface area contributed by atoms with E-state index in [1.807, 2.05) is 38.1 Å². The lowest BCUT2D eigenvalue weighted by molar-refractivity contribution is -0.120. The van der Waals surface area contributed by atoms with Crippen LogP contribution in [0.15, 0.2) is 49.1 Å². The van der Waals surface area contributed by atoms with Gasteiger partial charge in [-0.05, 0) is 73.0 Å². The lowest BCUT2D eigenvalue weighted by Crippen LogP contribution is -2.34. The van der Waals surface area contributed by atoms with E-state index >= 15 is 0 Å². The number of benzene rings is 1. The van der Waals surface area contributed by atoms with Crippen molar-refractivity contribution in [2.75, 3.05) is 22.5 Å². The first-order valence-electron chi connectivity index (χ1n) is 13.0. The van der Waals surface area contributed by atoms with E-state index in [-0.39, 0.29) is 12.4 Å². The van der Waals surface area contributed by atoms with Crippen LogP contribution in [-0.4, -0.2) is 42.3 Å². The smallest absolute Gasteiger partial charge is 0.383 e. The monoisotopic (exact) mass is 547 g/mol. The van der Waals surface area contributed by atoms with Crippen LogP contribution in [0.25, 0.3) is 16.4 Å². The number of fused-ring (bicyclic) bond motifs is 2. The second-order valence-electron chi connectivity index (χ2n) is 10.2. The number of aryl methyl sites for hydroxylation is 2. The first kappa shape index (κ1) is 25.8. The molecule has 40 heavy (non-hydrogen) atoms. The Morgan fingerprint density at radius 3 is 2.67 bits per heavy atom. The van der Waals surface area contributed by atoms with Gasteiger partial charge in [-0.1, -0.05) is 0 Å². The zero-order valence-corrected chi connectivity index (χ0v) is 22.1. The number of aromatic nitrogens is 6. The van der Waals surface area contributed by atoms with Crippen LogP contribution in [-0.2, 0) is 13.1 Å². The highest BCUT2D eigenvalue weighted by atomic mass is 19.4. The molecule has 1 saturated carbocycles. The van der Waals surface area contributed by atoms with Crippen LogP contribution in [0.3, 0.4) is 0 Å². The number of nitrogens with one attached hydrogen (secondary N) is 1. The second-order valence-corrected chi connectivity index (χ2v) is 10.2. The third-order valence-corrected chi connectivity index (χ3v) is 7.25. The Bertz CT molecular complexity index is 1710. The van der Waals surface area contributed by atoms with Crippen LogP contribution >= 0.6 is 0 Å². The summed E-state index contributed by atoms with van der Waals surface area (Å²) in [5, 5.41) is 9.73. The van der Waals surface area contributed by atoms with Crippen molar-refractivity contribution < 1.29 is 13.2 Å². The number of alkyl halides is 3. The molecule has 6 rings (SSSR count). The van der Waals surface area contributed by atoms with Crippen molar-refractivity contribution in [3.8, 4) is 0 Å². The molecule has 4 heterocycles. The van der Waals surface area contributed by atoms with E-state index in [0.717, 1.165) is 50.9 Å². The maximum Gasteiger partial charge on any atom is 0.405 e. The van der Waals surface area contributed by atoms with Crippen LogP contribution in [0.5, 0.6) is 0 Å². The molecule has 1 aliphatic carbocycles. The van der Waals surface area contributed by atoms with E-state index in [1.54, 1.807) is 16.9 Å². The number of nitrogen functional groups attached to an aromatic ring is 1. The van der Waals surface area contributed by atoms with Crippen molar-refractivity contribution in [2.24, 2.45) is 0 Å². The van der Waals surface area contributed by atoms with E-state index < -0.39 is 12.7 Å². The Morgan fingerprint density at radius 2 is 1.90 bits per heavy atom. The third kappa shape index (κ3) is 5.33. The van der Waals surface area contributed by atoms with Gasteiger partial charge in [-0.3, -0.25) is 0 Å². The molecule has 0 amide bonds. The molecule has 206 valence electrons. The predicted octanol–water partition coefficient (Wildman–Crippen LogP) is 5.32. The van der Waals surface area contributed by atoms with Gasteiger partial charge >= 0.3 is 6.18 Å². The number of halogens is 3. The van der Waals surface area contributed by atoms with Gasteiger partial charge in [-0.2, -0.15) is 18.3 Å². The summed E-state index contributed by atoms with van der Waals surface area (Å²) in [6.07, 6.45) is 2.39. The fraction of sp³-hybridized carbons (Fsp3) is 0.321. The highest BCUT2D eigenvalue weighted by Crippen LogP contribution is 2.38. The number of hydrogen-bond acceptors (Lipinski definition) is 8. The molecule has 3 N–H and O–H groups in total. The molecule has 1 fully saturated rings. The maximum atomic E-state index is 13.6. The van der Waals surface area contributed by atoms with E-state index in [2.05, 4.69) is 30.4 Å². The lowest BCUT2D eigenvalue weighted by Gasteiger charge is -2.24. The number of nitrogens with zero attached hydrogens (tertiary/aromatic N) is 7. The standard InChI is InChI=1S/C28H28F3N9/c1-16-9-21-20(7-8-33-27(21)32)17(2)22(16)11-34-24-10-26(36-15-35-24)39(14-28(29,30)31)12-19-13-40-25(37-19)6-5-23(38-40)18-3-4-18/h5-10,13,15,18H,3-4,11-12,14H2,1-2H3,(H2,32,33)(H,34,35,36). The fourth-order valence-electron chi connectivity index (χ4n) is 5.05. The maximum absolute atomic E-state index is 13.6. The number of anilines is 3. The van der Waals surface area contributed by atoms with Crippen LogP contribution < -0.4 is 16.0 Å². The molecular weight excluding hydrogens is 519 g/mol. The van der Waals surface area contributed by atoms with Gasteiger partial charge in [-0.15, -0.1) is 0 Å². The van der Waals surface area contributed by atoms with Gasteiger partial charge in [0, 0.05) is 30.1 Å². The number of imidazole rings is 1. The fourth-order valence-corrected chi connectivity index (χ4v) is 5.05. The van der Waals surface area contributed by atoms with Crippen molar-refractivity contribution in [1.82, 2.24) is 29.5 Å². The number of pyridine rings is 1. The molecule has 0 radical (unpaired) electrons. The average Bonchev–Trinajstić information content (AvgIpc) is 3.68. The summed E-state index contributed by atoms with van der Waals surface area (Å²) in [5.74, 6) is 1.49. The number of hydrogen-bond donors (Lipinski definition) is 2. The number of rotatable bonds is 8. The molecule has 0 aliphatic heterocycles. The van der Waals surface area contributed by atoms with Gasteiger partial charge in [0.05, 0.1) is 24.1 Å². The van der Waals surface area contributed by atoms with E-state index in [4.69, 9.17) is 5.73 Å². The van der Waals surface area contributed by atoms with Gasteiger partial charge < -0.3 is 16.0 Å². The second kappa shape index (κ2) is 9.92. The highest BCUT2D eigenvalue weighted by molar-refractivity contribution is 5.94. The Balaban J connectivity index is 1.24. The molecule has 0 bridgehead atoms. The molecule has 0 atom stereocenters. The van der Waals surface area contributed by atoms with Crippen molar-refractivity contribution in [3.05, 3.63) is 77.1 Å². The van der Waals surface area contributed by atoms with Crippen LogP contribution in [0.2, 0.25) is 0 Å². The highest BCUT2D eigenvalue weighted by Gasteiger charge is 2.32. The van der Waals surface area contributed by atoms with E-state index in [0.29, 0.717) is 35.4 Å². The van der Waals surface area contributed by atoms with Crippen molar-refractivity contribution >= 4 is 33.9 Å². The molecule has 4 aromatic heterocycles. The first-order chi connectivity index (χ1) is 19.1. The molecule has 12 heteroatoms. The summed E-state index contributed by atoms with van der Waals surface area (Å²) in [5.41, 5.74) is 11.2. The molecule has 1 aliphatic rings. The minimum absolute atomic E-state index is 0.0869.